The first-order valence-electron chi connectivity index (χ1n) is 20.9. The minimum absolute atomic E-state index is 0.0629. The van der Waals surface area contributed by atoms with Gasteiger partial charge in [-0.2, -0.15) is 0 Å². The van der Waals surface area contributed by atoms with Crippen molar-refractivity contribution in [2.45, 2.75) is 19.3 Å². The maximum Gasteiger partial charge on any atom is 0.0541 e. The van der Waals surface area contributed by atoms with Crippen LogP contribution in [0.25, 0.3) is 105 Å². The summed E-state index contributed by atoms with van der Waals surface area (Å²) in [4.78, 5) is 0. The van der Waals surface area contributed by atoms with E-state index >= 15 is 0 Å². The summed E-state index contributed by atoms with van der Waals surface area (Å²) in [5.41, 5.74) is 18.6. The highest BCUT2D eigenvalue weighted by Gasteiger charge is 2.35. The van der Waals surface area contributed by atoms with Crippen molar-refractivity contribution in [3.05, 3.63) is 211 Å². The summed E-state index contributed by atoms with van der Waals surface area (Å²) in [7, 11) is 0. The van der Waals surface area contributed by atoms with Gasteiger partial charge in [0.25, 0.3) is 0 Å². The summed E-state index contributed by atoms with van der Waals surface area (Å²) >= 11 is 0. The van der Waals surface area contributed by atoms with E-state index in [1.54, 1.807) is 0 Å². The number of para-hydroxylation sites is 4. The normalized spacial score (nSPS) is 13.3. The van der Waals surface area contributed by atoms with Crippen LogP contribution in [0.2, 0.25) is 0 Å². The van der Waals surface area contributed by atoms with Gasteiger partial charge in [0, 0.05) is 54.8 Å². The highest BCUT2D eigenvalue weighted by Crippen LogP contribution is 2.49. The molecule has 0 N–H and O–H groups in total. The summed E-state index contributed by atoms with van der Waals surface area (Å²) in [6.07, 6.45) is 0. The first kappa shape index (κ1) is 33.4. The number of nitrogens with zero attached hydrogens (tertiary/aromatic N) is 3. The third-order valence-corrected chi connectivity index (χ3v) is 13.4. The van der Waals surface area contributed by atoms with Crippen molar-refractivity contribution in [2.75, 3.05) is 0 Å². The van der Waals surface area contributed by atoms with Gasteiger partial charge in [0.05, 0.1) is 33.1 Å². The van der Waals surface area contributed by atoms with Crippen LogP contribution in [0.4, 0.5) is 0 Å². The Balaban J connectivity index is 0.924. The zero-order valence-electron chi connectivity index (χ0n) is 33.4. The van der Waals surface area contributed by atoms with Gasteiger partial charge in [0.15, 0.2) is 0 Å². The number of fused-ring (bicyclic) bond motifs is 12. The molecule has 0 saturated heterocycles. The molecule has 0 spiro atoms. The Labute approximate surface area is 347 Å². The lowest BCUT2D eigenvalue weighted by Crippen LogP contribution is -2.15. The molecule has 0 saturated carbocycles. The predicted octanol–water partition coefficient (Wildman–Crippen LogP) is 15.0. The number of aromatic nitrogens is 3. The van der Waals surface area contributed by atoms with Gasteiger partial charge >= 0.3 is 0 Å². The van der Waals surface area contributed by atoms with E-state index in [1.165, 1.54) is 104 Å². The lowest BCUT2D eigenvalue weighted by molar-refractivity contribution is 0.660. The highest BCUT2D eigenvalue weighted by atomic mass is 15.0. The molecular formula is C57H39N3. The van der Waals surface area contributed by atoms with Gasteiger partial charge in [-0.1, -0.05) is 129 Å². The topological polar surface area (TPSA) is 14.8 Å². The molecule has 3 heteroatoms. The van der Waals surface area contributed by atoms with Crippen LogP contribution in [0.5, 0.6) is 0 Å². The average Bonchev–Trinajstić information content (AvgIpc) is 3.99. The van der Waals surface area contributed by atoms with E-state index in [2.05, 4.69) is 228 Å². The Kier molecular flexibility index (Phi) is 6.78. The van der Waals surface area contributed by atoms with E-state index in [0.29, 0.717) is 0 Å². The van der Waals surface area contributed by atoms with Gasteiger partial charge in [-0.3, -0.25) is 0 Å². The first-order chi connectivity index (χ1) is 29.5. The van der Waals surface area contributed by atoms with Crippen LogP contribution >= 0.6 is 0 Å². The lowest BCUT2D eigenvalue weighted by atomic mass is 9.82. The van der Waals surface area contributed by atoms with Crippen molar-refractivity contribution in [1.29, 1.82) is 0 Å². The van der Waals surface area contributed by atoms with Gasteiger partial charge in [-0.15, -0.1) is 0 Å². The molecule has 3 nitrogen and oxygen atoms in total. The zero-order chi connectivity index (χ0) is 39.7. The number of benzene rings is 9. The van der Waals surface area contributed by atoms with Crippen molar-refractivity contribution in [3.8, 4) is 39.3 Å². The molecule has 3 heterocycles. The second-order valence-corrected chi connectivity index (χ2v) is 17.0. The molecule has 1 aliphatic carbocycles. The van der Waals surface area contributed by atoms with E-state index in [9.17, 15) is 0 Å². The van der Waals surface area contributed by atoms with E-state index in [4.69, 9.17) is 0 Å². The van der Waals surface area contributed by atoms with Crippen molar-refractivity contribution in [3.63, 3.8) is 0 Å². The Morgan fingerprint density at radius 2 is 0.650 bits per heavy atom. The van der Waals surface area contributed by atoms with Crippen LogP contribution < -0.4 is 0 Å². The van der Waals surface area contributed by atoms with Crippen LogP contribution in [0.1, 0.15) is 25.0 Å². The largest absolute Gasteiger partial charge is 0.309 e. The van der Waals surface area contributed by atoms with E-state index < -0.39 is 0 Å². The molecule has 1 aliphatic rings. The molecular weight excluding hydrogens is 727 g/mol. The van der Waals surface area contributed by atoms with Crippen LogP contribution in [-0.2, 0) is 5.41 Å². The summed E-state index contributed by atoms with van der Waals surface area (Å²) < 4.78 is 7.25. The molecule has 0 bridgehead atoms. The minimum Gasteiger partial charge on any atom is -0.309 e. The number of hydrogen-bond acceptors (Lipinski definition) is 0. The monoisotopic (exact) mass is 765 g/mol. The van der Waals surface area contributed by atoms with Crippen molar-refractivity contribution in [1.82, 2.24) is 13.7 Å². The van der Waals surface area contributed by atoms with E-state index in [1.807, 2.05) is 0 Å². The molecule has 60 heavy (non-hydrogen) atoms. The fourth-order valence-corrected chi connectivity index (χ4v) is 10.6. The van der Waals surface area contributed by atoms with E-state index in [-0.39, 0.29) is 5.41 Å². The molecule has 12 aromatic rings. The van der Waals surface area contributed by atoms with Crippen molar-refractivity contribution >= 4 is 65.4 Å². The maximum atomic E-state index is 2.46. The molecule has 282 valence electrons. The Morgan fingerprint density at radius 1 is 0.283 bits per heavy atom. The summed E-state index contributed by atoms with van der Waals surface area (Å²) in [6, 6.07) is 74.1. The van der Waals surface area contributed by atoms with Crippen LogP contribution in [0.3, 0.4) is 0 Å². The Bertz CT molecular complexity index is 3680. The number of rotatable bonds is 4. The van der Waals surface area contributed by atoms with Gasteiger partial charge in [0.1, 0.15) is 0 Å². The fraction of sp³-hybridized carbons (Fsp3) is 0.0526. The van der Waals surface area contributed by atoms with Gasteiger partial charge < -0.3 is 13.7 Å². The molecule has 0 atom stereocenters. The van der Waals surface area contributed by atoms with Crippen molar-refractivity contribution < 1.29 is 0 Å². The molecule has 0 radical (unpaired) electrons. The maximum absolute atomic E-state index is 2.46. The van der Waals surface area contributed by atoms with Crippen LogP contribution in [-0.4, -0.2) is 13.7 Å². The summed E-state index contributed by atoms with van der Waals surface area (Å²) in [5.74, 6) is 0. The smallest absolute Gasteiger partial charge is 0.0541 e. The molecule has 0 amide bonds. The second-order valence-electron chi connectivity index (χ2n) is 17.0. The fourth-order valence-electron chi connectivity index (χ4n) is 10.6. The Morgan fingerprint density at radius 3 is 1.15 bits per heavy atom. The molecule has 0 fully saturated rings. The summed E-state index contributed by atoms with van der Waals surface area (Å²) in [6.45, 7) is 4.72. The zero-order valence-corrected chi connectivity index (χ0v) is 33.4. The second kappa shape index (κ2) is 12.2. The van der Waals surface area contributed by atoms with E-state index in [0.717, 1.165) is 11.4 Å². The molecule has 0 aliphatic heterocycles. The molecule has 0 unspecified atom stereocenters. The third-order valence-electron chi connectivity index (χ3n) is 13.4. The molecule has 13 rings (SSSR count). The van der Waals surface area contributed by atoms with Gasteiger partial charge in [-0.05, 0) is 118 Å². The minimum atomic E-state index is -0.0629. The molecule has 9 aromatic carbocycles. The van der Waals surface area contributed by atoms with Crippen molar-refractivity contribution in [2.24, 2.45) is 0 Å². The lowest BCUT2D eigenvalue weighted by Gasteiger charge is -2.22. The van der Waals surface area contributed by atoms with Gasteiger partial charge in [-0.25, -0.2) is 0 Å². The molecule has 3 aromatic heterocycles. The highest BCUT2D eigenvalue weighted by molar-refractivity contribution is 6.13. The number of hydrogen-bond donors (Lipinski definition) is 0. The standard InChI is InChI=1S/C57H39N3/c1-57(2)49-18-8-3-13-41(49)42-30-29-40(35-50(42)57)60-54-22-12-7-17-46(54)48-34-37(24-32-56(48)60)36-23-31-55-47(33-36)45-16-6-11-21-53(45)59(55)39-27-25-38(26-28-39)58-51-19-9-4-14-43(51)44-15-5-10-20-52(44)58/h3-35H,1-2H3. The van der Waals surface area contributed by atoms with Gasteiger partial charge in [0.2, 0.25) is 0 Å². The quantitative estimate of drug-likeness (QED) is 0.169. The summed E-state index contributed by atoms with van der Waals surface area (Å²) in [5, 5.41) is 7.57. The first-order valence-corrected chi connectivity index (χ1v) is 20.9. The van der Waals surface area contributed by atoms with Crippen LogP contribution in [0.15, 0.2) is 200 Å². The SMILES string of the molecule is CC1(C)c2ccccc2-c2ccc(-n3c4ccccc4c4cc(-c5ccc6c(c5)c5ccccc5n6-c5ccc(-n6c7ccccc7c7ccccc76)cc5)ccc43)cc21. The van der Waals surface area contributed by atoms with Crippen LogP contribution in [0, 0.1) is 0 Å². The average molecular weight is 766 g/mol. The predicted molar refractivity (Wildman–Crippen MR) is 252 cm³/mol. The Hall–Kier alpha value is -7.62. The third kappa shape index (κ3) is 4.55.